The zero-order valence-corrected chi connectivity index (χ0v) is 13.1. The van der Waals surface area contributed by atoms with Gasteiger partial charge in [0.15, 0.2) is 0 Å². The summed E-state index contributed by atoms with van der Waals surface area (Å²) >= 11 is 0. The summed E-state index contributed by atoms with van der Waals surface area (Å²) in [4.78, 5) is 2.46. The van der Waals surface area contributed by atoms with Crippen molar-refractivity contribution in [3.8, 4) is 5.75 Å². The Hall–Kier alpha value is -1.10. The second kappa shape index (κ2) is 6.77. The molecule has 1 aromatic rings. The molecule has 0 radical (unpaired) electrons. The number of hydrogen-bond donors (Lipinski definition) is 1. The molecule has 0 spiro atoms. The number of benzene rings is 1. The molecule has 4 heteroatoms. The maximum absolute atomic E-state index is 5.84. The first-order chi connectivity index (χ1) is 10.3. The molecule has 2 unspecified atom stereocenters. The number of methoxy groups -OCH3 is 1. The highest BCUT2D eigenvalue weighted by atomic mass is 16.5. The Labute approximate surface area is 127 Å². The molecule has 1 saturated heterocycles. The molecule has 1 aliphatic carbocycles. The summed E-state index contributed by atoms with van der Waals surface area (Å²) in [5.41, 5.74) is 2.91. The number of hydrogen-bond acceptors (Lipinski definition) is 4. The van der Waals surface area contributed by atoms with Crippen LogP contribution in [0.25, 0.3) is 0 Å². The molecule has 2 aliphatic rings. The van der Waals surface area contributed by atoms with Gasteiger partial charge in [-0.05, 0) is 49.6 Å². The number of ether oxygens (including phenoxy) is 2. The van der Waals surface area contributed by atoms with Crippen molar-refractivity contribution in [2.24, 2.45) is 0 Å². The second-order valence-electron chi connectivity index (χ2n) is 6.11. The summed E-state index contributed by atoms with van der Waals surface area (Å²) in [6.07, 6.45) is 3.96. The molecule has 1 heterocycles. The smallest absolute Gasteiger partial charge is 0.119 e. The van der Waals surface area contributed by atoms with E-state index >= 15 is 0 Å². The normalized spacial score (nSPS) is 25.7. The largest absolute Gasteiger partial charge is 0.497 e. The standard InChI is InChI=1S/C17H26N2O2/c1-19(12-15-11-18-8-9-21-15)17-5-3-4-13-10-14(20-2)6-7-16(13)17/h6-7,10,15,17-18H,3-5,8-9,11-12H2,1-2H3. The molecular weight excluding hydrogens is 264 g/mol. The predicted octanol–water partition coefficient (Wildman–Crippen LogP) is 1.99. The number of nitrogens with zero attached hydrogens (tertiary/aromatic N) is 1. The van der Waals surface area contributed by atoms with Crippen LogP contribution in [0.3, 0.4) is 0 Å². The molecule has 1 fully saturated rings. The average molecular weight is 290 g/mol. The topological polar surface area (TPSA) is 33.7 Å². The number of nitrogens with one attached hydrogen (secondary N) is 1. The molecule has 3 rings (SSSR count). The molecule has 1 N–H and O–H groups in total. The van der Waals surface area contributed by atoms with Gasteiger partial charge in [0.1, 0.15) is 5.75 Å². The van der Waals surface area contributed by atoms with Gasteiger partial charge in [0.2, 0.25) is 0 Å². The van der Waals surface area contributed by atoms with Crippen molar-refractivity contribution in [1.82, 2.24) is 10.2 Å². The van der Waals surface area contributed by atoms with Crippen molar-refractivity contribution < 1.29 is 9.47 Å². The van der Waals surface area contributed by atoms with Crippen LogP contribution in [0.1, 0.15) is 30.0 Å². The van der Waals surface area contributed by atoms with Crippen LogP contribution in [0.4, 0.5) is 0 Å². The highest BCUT2D eigenvalue weighted by Gasteiger charge is 2.26. The molecule has 116 valence electrons. The van der Waals surface area contributed by atoms with Gasteiger partial charge in [-0.1, -0.05) is 6.07 Å². The summed E-state index contributed by atoms with van der Waals surface area (Å²) in [5, 5.41) is 3.41. The highest BCUT2D eigenvalue weighted by molar-refractivity contribution is 5.39. The van der Waals surface area contributed by atoms with E-state index < -0.39 is 0 Å². The van der Waals surface area contributed by atoms with E-state index in [1.54, 1.807) is 7.11 Å². The van der Waals surface area contributed by atoms with E-state index in [1.165, 1.54) is 30.4 Å². The van der Waals surface area contributed by atoms with Crippen molar-refractivity contribution in [3.63, 3.8) is 0 Å². The molecular formula is C17H26N2O2. The lowest BCUT2D eigenvalue weighted by molar-refractivity contribution is 0.00122. The summed E-state index contributed by atoms with van der Waals surface area (Å²) in [5.74, 6) is 0.969. The molecule has 4 nitrogen and oxygen atoms in total. The summed E-state index contributed by atoms with van der Waals surface area (Å²) < 4.78 is 11.2. The molecule has 1 aromatic carbocycles. The van der Waals surface area contributed by atoms with Crippen LogP contribution in [0, 0.1) is 0 Å². The summed E-state index contributed by atoms with van der Waals surface area (Å²) in [7, 11) is 3.96. The molecule has 1 aliphatic heterocycles. The Bertz CT molecular complexity index is 472. The van der Waals surface area contributed by atoms with Gasteiger partial charge in [-0.2, -0.15) is 0 Å². The summed E-state index contributed by atoms with van der Waals surface area (Å²) in [6, 6.07) is 7.04. The maximum Gasteiger partial charge on any atom is 0.119 e. The average Bonchev–Trinajstić information content (AvgIpc) is 2.54. The number of aryl methyl sites for hydroxylation is 1. The lowest BCUT2D eigenvalue weighted by atomic mass is 9.86. The quantitative estimate of drug-likeness (QED) is 0.919. The minimum absolute atomic E-state index is 0.312. The molecule has 0 amide bonds. The third kappa shape index (κ3) is 3.39. The van der Waals surface area contributed by atoms with Crippen molar-refractivity contribution in [2.75, 3.05) is 40.4 Å². The van der Waals surface area contributed by atoms with Crippen LogP contribution in [-0.4, -0.2) is 51.4 Å². The predicted molar refractivity (Wildman–Crippen MR) is 83.9 cm³/mol. The first kappa shape index (κ1) is 14.8. The fraction of sp³-hybridized carbons (Fsp3) is 0.647. The maximum atomic E-state index is 5.84. The van der Waals surface area contributed by atoms with E-state index in [-0.39, 0.29) is 0 Å². The fourth-order valence-corrected chi connectivity index (χ4v) is 3.54. The number of fused-ring (bicyclic) bond motifs is 1. The summed E-state index contributed by atoms with van der Waals surface area (Å²) in [6.45, 7) is 3.76. The molecule has 2 atom stereocenters. The van der Waals surface area contributed by atoms with Crippen LogP contribution >= 0.6 is 0 Å². The van der Waals surface area contributed by atoms with Crippen LogP contribution in [0.2, 0.25) is 0 Å². The van der Waals surface area contributed by atoms with Crippen LogP contribution in [0.15, 0.2) is 18.2 Å². The van der Waals surface area contributed by atoms with Gasteiger partial charge in [-0.25, -0.2) is 0 Å². The van der Waals surface area contributed by atoms with Crippen molar-refractivity contribution in [3.05, 3.63) is 29.3 Å². The number of rotatable bonds is 4. The Morgan fingerprint density at radius 1 is 1.43 bits per heavy atom. The minimum Gasteiger partial charge on any atom is -0.497 e. The van der Waals surface area contributed by atoms with Crippen LogP contribution < -0.4 is 10.1 Å². The molecule has 0 saturated carbocycles. The van der Waals surface area contributed by atoms with Crippen molar-refractivity contribution in [2.45, 2.75) is 31.4 Å². The first-order valence-corrected chi connectivity index (χ1v) is 7.97. The van der Waals surface area contributed by atoms with Gasteiger partial charge in [-0.15, -0.1) is 0 Å². The minimum atomic E-state index is 0.312. The van der Waals surface area contributed by atoms with Gasteiger partial charge in [-0.3, -0.25) is 4.90 Å². The monoisotopic (exact) mass is 290 g/mol. The third-order valence-electron chi connectivity index (χ3n) is 4.66. The van der Waals surface area contributed by atoms with E-state index in [1.807, 2.05) is 0 Å². The van der Waals surface area contributed by atoms with Gasteiger partial charge >= 0.3 is 0 Å². The van der Waals surface area contributed by atoms with Crippen molar-refractivity contribution >= 4 is 0 Å². The van der Waals surface area contributed by atoms with Crippen LogP contribution in [0.5, 0.6) is 5.75 Å². The number of likely N-dealkylation sites (N-methyl/N-ethyl adjacent to an activating group) is 1. The highest BCUT2D eigenvalue weighted by Crippen LogP contribution is 2.35. The third-order valence-corrected chi connectivity index (χ3v) is 4.66. The SMILES string of the molecule is COc1ccc2c(c1)CCCC2N(C)CC1CNCCO1. The van der Waals surface area contributed by atoms with E-state index in [0.29, 0.717) is 12.1 Å². The number of morpholine rings is 1. The van der Waals surface area contributed by atoms with Gasteiger partial charge < -0.3 is 14.8 Å². The molecule has 0 bridgehead atoms. The van der Waals surface area contributed by atoms with E-state index in [0.717, 1.165) is 32.0 Å². The van der Waals surface area contributed by atoms with Gasteiger partial charge in [0.25, 0.3) is 0 Å². The first-order valence-electron chi connectivity index (χ1n) is 7.97. The molecule has 21 heavy (non-hydrogen) atoms. The molecule has 0 aromatic heterocycles. The second-order valence-corrected chi connectivity index (χ2v) is 6.11. The zero-order valence-electron chi connectivity index (χ0n) is 13.1. The van der Waals surface area contributed by atoms with Gasteiger partial charge in [0.05, 0.1) is 19.8 Å². The van der Waals surface area contributed by atoms with E-state index in [2.05, 4.69) is 35.5 Å². The van der Waals surface area contributed by atoms with E-state index in [9.17, 15) is 0 Å². The lowest BCUT2D eigenvalue weighted by Crippen LogP contribution is -2.45. The van der Waals surface area contributed by atoms with E-state index in [4.69, 9.17) is 9.47 Å². The fourth-order valence-electron chi connectivity index (χ4n) is 3.54. The van der Waals surface area contributed by atoms with Gasteiger partial charge in [0, 0.05) is 25.7 Å². The Kier molecular flexibility index (Phi) is 4.78. The van der Waals surface area contributed by atoms with Crippen molar-refractivity contribution in [1.29, 1.82) is 0 Å². The lowest BCUT2D eigenvalue weighted by Gasteiger charge is -2.36. The van der Waals surface area contributed by atoms with Crippen LogP contribution in [-0.2, 0) is 11.2 Å². The Morgan fingerprint density at radius 3 is 3.10 bits per heavy atom. The Morgan fingerprint density at radius 2 is 2.33 bits per heavy atom. The zero-order chi connectivity index (χ0) is 14.7. The Balaban J connectivity index is 1.71.